The van der Waals surface area contributed by atoms with Crippen LogP contribution in [0.5, 0.6) is 5.75 Å². The van der Waals surface area contributed by atoms with Crippen molar-refractivity contribution in [1.29, 1.82) is 0 Å². The average Bonchev–Trinajstić information content (AvgIpc) is 2.97. The van der Waals surface area contributed by atoms with Crippen LogP contribution in [0.3, 0.4) is 0 Å². The van der Waals surface area contributed by atoms with E-state index in [1.165, 1.54) is 6.07 Å². The Balaban J connectivity index is 1.39. The monoisotopic (exact) mass is 343 g/mol. The lowest BCUT2D eigenvalue weighted by Gasteiger charge is -2.39. The molecule has 2 aromatic rings. The zero-order valence-corrected chi connectivity index (χ0v) is 14.1. The predicted octanol–water partition coefficient (Wildman–Crippen LogP) is 2.03. The number of carbonyl (C=O) groups excluding carboxylic acids is 1. The maximum Gasteiger partial charge on any atom is 0.336 e. The van der Waals surface area contributed by atoms with Crippen LogP contribution in [0.1, 0.15) is 25.3 Å². The molecule has 0 bridgehead atoms. The largest absolute Gasteiger partial charge is 0.484 e. The number of ether oxygens (including phenoxy) is 2. The van der Waals surface area contributed by atoms with Gasteiger partial charge >= 0.3 is 5.63 Å². The zero-order chi connectivity index (χ0) is 17.4. The number of rotatable bonds is 5. The summed E-state index contributed by atoms with van der Waals surface area (Å²) in [5, 5.41) is 3.89. The van der Waals surface area contributed by atoms with Crippen molar-refractivity contribution in [2.75, 3.05) is 13.2 Å². The van der Waals surface area contributed by atoms with Crippen LogP contribution in [0.15, 0.2) is 33.5 Å². The molecule has 6 heteroatoms. The number of fused-ring (bicyclic) bond motifs is 2. The van der Waals surface area contributed by atoms with Gasteiger partial charge in [-0.05, 0) is 37.0 Å². The first kappa shape index (κ1) is 16.1. The fourth-order valence-electron chi connectivity index (χ4n) is 3.75. The Kier molecular flexibility index (Phi) is 4.21. The summed E-state index contributed by atoms with van der Waals surface area (Å²) in [5.41, 5.74) is 1.04. The van der Waals surface area contributed by atoms with Gasteiger partial charge in [0.2, 0.25) is 0 Å². The van der Waals surface area contributed by atoms with Crippen LogP contribution in [0.2, 0.25) is 0 Å². The third kappa shape index (κ3) is 3.14. The maximum atomic E-state index is 12.1. The van der Waals surface area contributed by atoms with E-state index in [9.17, 15) is 9.59 Å². The Bertz CT molecular complexity index is 859. The van der Waals surface area contributed by atoms with E-state index < -0.39 is 0 Å². The summed E-state index contributed by atoms with van der Waals surface area (Å²) in [6.07, 6.45) is 2.97. The van der Waals surface area contributed by atoms with Gasteiger partial charge in [-0.25, -0.2) is 4.79 Å². The van der Waals surface area contributed by atoms with Crippen molar-refractivity contribution in [2.24, 2.45) is 5.92 Å². The minimum atomic E-state index is -0.377. The third-order valence-corrected chi connectivity index (χ3v) is 5.16. The van der Waals surface area contributed by atoms with Crippen LogP contribution in [0.25, 0.3) is 11.0 Å². The number of hydrogen-bond acceptors (Lipinski definition) is 5. The first-order valence-electron chi connectivity index (χ1n) is 8.74. The smallest absolute Gasteiger partial charge is 0.336 e. The van der Waals surface area contributed by atoms with E-state index in [1.807, 2.05) is 13.0 Å². The second-order valence-corrected chi connectivity index (χ2v) is 6.66. The normalized spacial score (nSPS) is 24.6. The molecule has 1 aromatic heterocycles. The second kappa shape index (κ2) is 6.52. The number of benzene rings is 1. The van der Waals surface area contributed by atoms with Crippen LogP contribution in [-0.4, -0.2) is 31.3 Å². The van der Waals surface area contributed by atoms with Crippen molar-refractivity contribution < 1.29 is 18.7 Å². The predicted molar refractivity (Wildman–Crippen MR) is 91.8 cm³/mol. The van der Waals surface area contributed by atoms with E-state index in [1.54, 1.807) is 12.1 Å². The van der Waals surface area contributed by atoms with E-state index in [2.05, 4.69) is 5.32 Å². The molecule has 1 aromatic carbocycles. The molecule has 6 nitrogen and oxygen atoms in total. The van der Waals surface area contributed by atoms with Crippen molar-refractivity contribution in [3.8, 4) is 5.75 Å². The van der Waals surface area contributed by atoms with Gasteiger partial charge in [-0.3, -0.25) is 4.79 Å². The van der Waals surface area contributed by atoms with Crippen molar-refractivity contribution >= 4 is 16.9 Å². The first-order valence-corrected chi connectivity index (χ1v) is 8.74. The molecule has 0 radical (unpaired) electrons. The molecule has 25 heavy (non-hydrogen) atoms. The van der Waals surface area contributed by atoms with E-state index in [4.69, 9.17) is 13.9 Å². The summed E-state index contributed by atoms with van der Waals surface area (Å²) in [6.45, 7) is 2.72. The van der Waals surface area contributed by atoms with Crippen LogP contribution < -0.4 is 15.7 Å². The van der Waals surface area contributed by atoms with Gasteiger partial charge in [0.05, 0.1) is 6.10 Å². The standard InChI is InChI=1S/C19H21NO5/c1-2-11-7-19(22)25-17-8-12(3-4-13(11)17)24-10-18(21)20-15-9-16-14(15)5-6-23-16/h3-4,7-8,14-16H,2,5-6,9-10H2,1H3,(H,20,21)/t14-,15+,16+/m0/s1. The van der Waals surface area contributed by atoms with Gasteiger partial charge < -0.3 is 19.2 Å². The van der Waals surface area contributed by atoms with Crippen molar-refractivity contribution in [2.45, 2.75) is 38.3 Å². The Morgan fingerprint density at radius 3 is 3.04 bits per heavy atom. The molecule has 1 aliphatic heterocycles. The molecule has 0 unspecified atom stereocenters. The van der Waals surface area contributed by atoms with Crippen LogP contribution in [0.4, 0.5) is 0 Å². The van der Waals surface area contributed by atoms with Crippen molar-refractivity contribution in [3.05, 3.63) is 40.2 Å². The summed E-state index contributed by atoms with van der Waals surface area (Å²) in [4.78, 5) is 23.7. The highest BCUT2D eigenvalue weighted by Crippen LogP contribution is 2.38. The fourth-order valence-corrected chi connectivity index (χ4v) is 3.75. The molecule has 0 spiro atoms. The third-order valence-electron chi connectivity index (χ3n) is 5.16. The van der Waals surface area contributed by atoms with Gasteiger partial charge in [0.25, 0.3) is 5.91 Å². The molecular weight excluding hydrogens is 322 g/mol. The van der Waals surface area contributed by atoms with Crippen LogP contribution >= 0.6 is 0 Å². The molecule has 4 rings (SSSR count). The van der Waals surface area contributed by atoms with Crippen molar-refractivity contribution in [3.63, 3.8) is 0 Å². The quantitative estimate of drug-likeness (QED) is 0.841. The molecule has 1 N–H and O–H groups in total. The number of carbonyl (C=O) groups is 1. The van der Waals surface area contributed by atoms with Gasteiger partial charge in [-0.1, -0.05) is 6.92 Å². The molecule has 2 fully saturated rings. The Morgan fingerprint density at radius 2 is 2.24 bits per heavy atom. The van der Waals surface area contributed by atoms with Gasteiger partial charge in [0, 0.05) is 36.1 Å². The van der Waals surface area contributed by atoms with E-state index in [-0.39, 0.29) is 24.2 Å². The van der Waals surface area contributed by atoms with E-state index >= 15 is 0 Å². The lowest BCUT2D eigenvalue weighted by atomic mass is 9.76. The summed E-state index contributed by atoms with van der Waals surface area (Å²) in [5.74, 6) is 0.820. The Labute approximate surface area is 145 Å². The highest BCUT2D eigenvalue weighted by molar-refractivity contribution is 5.82. The number of aryl methyl sites for hydroxylation is 1. The molecule has 1 amide bonds. The highest BCUT2D eigenvalue weighted by atomic mass is 16.5. The summed E-state index contributed by atoms with van der Waals surface area (Å²) in [7, 11) is 0. The summed E-state index contributed by atoms with van der Waals surface area (Å²) < 4.78 is 16.3. The molecule has 1 saturated carbocycles. The van der Waals surface area contributed by atoms with Crippen LogP contribution in [-0.2, 0) is 16.0 Å². The molecule has 132 valence electrons. The fraction of sp³-hybridized carbons (Fsp3) is 0.474. The number of nitrogens with one attached hydrogen (secondary N) is 1. The average molecular weight is 343 g/mol. The van der Waals surface area contributed by atoms with E-state index in [0.29, 0.717) is 23.4 Å². The van der Waals surface area contributed by atoms with Crippen molar-refractivity contribution in [1.82, 2.24) is 5.32 Å². The summed E-state index contributed by atoms with van der Waals surface area (Å²) in [6, 6.07) is 7.02. The Morgan fingerprint density at radius 1 is 1.36 bits per heavy atom. The maximum absolute atomic E-state index is 12.1. The topological polar surface area (TPSA) is 77.8 Å². The number of hydrogen-bond donors (Lipinski definition) is 1. The minimum Gasteiger partial charge on any atom is -0.484 e. The molecule has 1 saturated heterocycles. The molecular formula is C19H21NO5. The number of amides is 1. The first-order chi connectivity index (χ1) is 12.1. The minimum absolute atomic E-state index is 0.0576. The van der Waals surface area contributed by atoms with Gasteiger partial charge in [0.1, 0.15) is 11.3 Å². The second-order valence-electron chi connectivity index (χ2n) is 6.66. The lowest BCUT2D eigenvalue weighted by molar-refractivity contribution is -0.126. The lowest BCUT2D eigenvalue weighted by Crippen LogP contribution is -2.54. The SMILES string of the molecule is CCc1cc(=O)oc2cc(OCC(=O)N[C@@H]3C[C@H]4OCC[C@@H]34)ccc12. The van der Waals surface area contributed by atoms with Crippen LogP contribution in [0, 0.1) is 5.92 Å². The molecule has 3 atom stereocenters. The zero-order valence-electron chi connectivity index (χ0n) is 14.1. The van der Waals surface area contributed by atoms with Gasteiger partial charge in [-0.15, -0.1) is 0 Å². The molecule has 2 aliphatic rings. The Hall–Kier alpha value is -2.34. The molecule has 1 aliphatic carbocycles. The highest BCUT2D eigenvalue weighted by Gasteiger charge is 2.45. The van der Waals surface area contributed by atoms with Gasteiger partial charge in [-0.2, -0.15) is 0 Å². The molecule has 2 heterocycles. The van der Waals surface area contributed by atoms with Gasteiger partial charge in [0.15, 0.2) is 6.61 Å². The van der Waals surface area contributed by atoms with E-state index in [0.717, 1.165) is 36.8 Å². The summed E-state index contributed by atoms with van der Waals surface area (Å²) >= 11 is 0.